The van der Waals surface area contributed by atoms with E-state index < -0.39 is 11.0 Å². The molecule has 2 aromatic carbocycles. The quantitative estimate of drug-likeness (QED) is 0.347. The lowest BCUT2D eigenvalue weighted by Gasteiger charge is -2.11. The molecule has 0 aliphatic heterocycles. The third-order valence-electron chi connectivity index (χ3n) is 4.62. The molecule has 0 saturated heterocycles. The lowest BCUT2D eigenvalue weighted by Crippen LogP contribution is -2.05. The molecular weight excluding hydrogens is 426 g/mol. The first-order valence-corrected chi connectivity index (χ1v) is 11.6. The number of hydrogen-bond acceptors (Lipinski definition) is 4. The average Bonchev–Trinajstić information content (AvgIpc) is 3.28. The van der Waals surface area contributed by atoms with E-state index in [1.54, 1.807) is 23.9 Å². The minimum absolute atomic E-state index is 0.381. The lowest BCUT2D eigenvalue weighted by atomic mass is 10.1. The van der Waals surface area contributed by atoms with Crippen molar-refractivity contribution in [1.29, 1.82) is 0 Å². The van der Waals surface area contributed by atoms with Crippen molar-refractivity contribution >= 4 is 51.0 Å². The number of fused-ring (bicyclic) bond motifs is 1. The van der Waals surface area contributed by atoms with Gasteiger partial charge in [0.25, 0.3) is 0 Å². The molecule has 2 N–H and O–H groups in total. The van der Waals surface area contributed by atoms with Crippen LogP contribution in [0.5, 0.6) is 0 Å². The molecule has 0 fully saturated rings. The van der Waals surface area contributed by atoms with Gasteiger partial charge in [0.2, 0.25) is 5.09 Å². The molecular formula is C21H20ClN3O2S2. The van der Waals surface area contributed by atoms with E-state index in [-0.39, 0.29) is 0 Å². The molecule has 0 spiro atoms. The van der Waals surface area contributed by atoms with E-state index in [1.807, 2.05) is 50.2 Å². The van der Waals surface area contributed by atoms with Crippen molar-refractivity contribution in [3.63, 3.8) is 0 Å². The SMILES string of the molecule is Cc1n[nH]c(C)c1CCSc1ccc(Cl)cc1NS(=O)c1cc2ccccc2o1. The van der Waals surface area contributed by atoms with Gasteiger partial charge >= 0.3 is 0 Å². The largest absolute Gasteiger partial charge is 0.445 e. The van der Waals surface area contributed by atoms with E-state index in [2.05, 4.69) is 14.9 Å². The molecule has 4 rings (SSSR count). The number of hydrogen-bond donors (Lipinski definition) is 2. The number of halogens is 1. The van der Waals surface area contributed by atoms with E-state index in [1.165, 1.54) is 5.56 Å². The Bertz CT molecular complexity index is 1130. The van der Waals surface area contributed by atoms with E-state index >= 15 is 0 Å². The van der Waals surface area contributed by atoms with Gasteiger partial charge in [0.05, 0.1) is 11.4 Å². The first kappa shape index (κ1) is 20.1. The summed E-state index contributed by atoms with van der Waals surface area (Å²) in [6, 6.07) is 15.0. The third-order valence-corrected chi connectivity index (χ3v) is 6.90. The highest BCUT2D eigenvalue weighted by atomic mass is 35.5. The Balaban J connectivity index is 1.49. The smallest absolute Gasteiger partial charge is 0.212 e. The summed E-state index contributed by atoms with van der Waals surface area (Å²) in [6.45, 7) is 4.04. The van der Waals surface area contributed by atoms with Crippen molar-refractivity contribution in [2.75, 3.05) is 10.5 Å². The fourth-order valence-electron chi connectivity index (χ4n) is 3.11. The van der Waals surface area contributed by atoms with Crippen LogP contribution in [0.1, 0.15) is 17.0 Å². The summed E-state index contributed by atoms with van der Waals surface area (Å²) < 4.78 is 21.6. The van der Waals surface area contributed by atoms with Gasteiger partial charge < -0.3 is 4.42 Å². The Kier molecular flexibility index (Phi) is 5.99. The minimum atomic E-state index is -1.53. The van der Waals surface area contributed by atoms with E-state index in [0.717, 1.165) is 39.5 Å². The molecule has 0 amide bonds. The zero-order valence-corrected chi connectivity index (χ0v) is 18.4. The Hall–Kier alpha value is -2.22. The monoisotopic (exact) mass is 445 g/mol. The van der Waals surface area contributed by atoms with Crippen LogP contribution < -0.4 is 4.72 Å². The Morgan fingerprint density at radius 2 is 2.03 bits per heavy atom. The highest BCUT2D eigenvalue weighted by molar-refractivity contribution is 7.99. The number of H-pyrrole nitrogens is 1. The molecule has 0 saturated carbocycles. The van der Waals surface area contributed by atoms with Gasteiger partial charge in [-0.2, -0.15) is 5.10 Å². The van der Waals surface area contributed by atoms with Crippen LogP contribution in [-0.4, -0.2) is 20.2 Å². The first-order chi connectivity index (χ1) is 14.0. The zero-order valence-electron chi connectivity index (χ0n) is 16.0. The number of benzene rings is 2. The number of aromatic nitrogens is 2. The van der Waals surface area contributed by atoms with Crippen LogP contribution in [-0.2, 0) is 17.4 Å². The predicted molar refractivity (Wildman–Crippen MR) is 120 cm³/mol. The molecule has 8 heteroatoms. The van der Waals surface area contributed by atoms with Gasteiger partial charge in [-0.05, 0) is 50.1 Å². The molecule has 1 unspecified atom stereocenters. The first-order valence-electron chi connectivity index (χ1n) is 9.11. The maximum absolute atomic E-state index is 12.8. The standard InChI is InChI=1S/C21H20ClN3O2S2/c1-13-17(14(2)24-23-13)9-10-28-20-8-7-16(22)12-18(20)25-29(26)21-11-15-5-3-4-6-19(15)27-21/h3-8,11-12,25H,9-10H2,1-2H3,(H,23,24). The van der Waals surface area contributed by atoms with Crippen LogP contribution in [0.3, 0.4) is 0 Å². The van der Waals surface area contributed by atoms with Crippen LogP contribution in [0.4, 0.5) is 5.69 Å². The van der Waals surface area contributed by atoms with Crippen molar-refractivity contribution in [3.05, 3.63) is 70.5 Å². The summed E-state index contributed by atoms with van der Waals surface area (Å²) in [6.07, 6.45) is 0.896. The second kappa shape index (κ2) is 8.65. The van der Waals surface area contributed by atoms with Crippen molar-refractivity contribution in [1.82, 2.24) is 10.2 Å². The number of anilines is 1. The summed E-state index contributed by atoms with van der Waals surface area (Å²) >= 11 is 7.87. The number of rotatable bonds is 7. The molecule has 0 radical (unpaired) electrons. The van der Waals surface area contributed by atoms with Crippen molar-refractivity contribution in [2.24, 2.45) is 0 Å². The molecule has 4 aromatic rings. The van der Waals surface area contributed by atoms with Gasteiger partial charge in [-0.15, -0.1) is 11.8 Å². The summed E-state index contributed by atoms with van der Waals surface area (Å²) in [5, 5.41) is 9.15. The Morgan fingerprint density at radius 3 is 2.79 bits per heavy atom. The number of nitrogens with one attached hydrogen (secondary N) is 2. The fourth-order valence-corrected chi connectivity index (χ4v) is 5.17. The van der Waals surface area contributed by atoms with Gasteiger partial charge in [0, 0.05) is 32.8 Å². The fraction of sp³-hybridized carbons (Fsp3) is 0.190. The molecule has 2 aromatic heterocycles. The number of aromatic amines is 1. The van der Waals surface area contributed by atoms with Crippen LogP contribution in [0, 0.1) is 13.8 Å². The number of aryl methyl sites for hydroxylation is 2. The molecule has 0 bridgehead atoms. The van der Waals surface area contributed by atoms with Crippen LogP contribution in [0.2, 0.25) is 5.02 Å². The number of nitrogens with zero attached hydrogens (tertiary/aromatic N) is 1. The highest BCUT2D eigenvalue weighted by Gasteiger charge is 2.14. The van der Waals surface area contributed by atoms with Crippen molar-refractivity contribution in [3.8, 4) is 0 Å². The summed E-state index contributed by atoms with van der Waals surface area (Å²) in [5.41, 5.74) is 4.81. The van der Waals surface area contributed by atoms with Crippen LogP contribution >= 0.6 is 23.4 Å². The van der Waals surface area contributed by atoms with Crippen LogP contribution in [0.25, 0.3) is 11.0 Å². The Labute approximate surface area is 180 Å². The lowest BCUT2D eigenvalue weighted by molar-refractivity contribution is 0.504. The zero-order chi connectivity index (χ0) is 20.4. The van der Waals surface area contributed by atoms with Gasteiger partial charge in [0.1, 0.15) is 5.58 Å². The minimum Gasteiger partial charge on any atom is -0.445 e. The second-order valence-electron chi connectivity index (χ2n) is 6.63. The van der Waals surface area contributed by atoms with Crippen molar-refractivity contribution in [2.45, 2.75) is 30.3 Å². The molecule has 0 aliphatic rings. The molecule has 150 valence electrons. The molecule has 1 atom stereocenters. The number of para-hydroxylation sites is 1. The number of thioether (sulfide) groups is 1. The molecule has 2 heterocycles. The highest BCUT2D eigenvalue weighted by Crippen LogP contribution is 2.32. The normalized spacial score (nSPS) is 12.4. The number of furan rings is 1. The van der Waals surface area contributed by atoms with Crippen molar-refractivity contribution < 1.29 is 8.63 Å². The molecule has 29 heavy (non-hydrogen) atoms. The molecule has 0 aliphatic carbocycles. The van der Waals surface area contributed by atoms with Gasteiger partial charge in [-0.3, -0.25) is 9.82 Å². The summed E-state index contributed by atoms with van der Waals surface area (Å²) in [7, 11) is -1.53. The van der Waals surface area contributed by atoms with Crippen LogP contribution in [0.15, 0.2) is 62.9 Å². The summed E-state index contributed by atoms with van der Waals surface area (Å²) in [5.74, 6) is 0.870. The van der Waals surface area contributed by atoms with E-state index in [9.17, 15) is 4.21 Å². The topological polar surface area (TPSA) is 70.9 Å². The van der Waals surface area contributed by atoms with Gasteiger partial charge in [0.15, 0.2) is 11.0 Å². The predicted octanol–water partition coefficient (Wildman–Crippen LogP) is 5.90. The maximum Gasteiger partial charge on any atom is 0.212 e. The van der Waals surface area contributed by atoms with E-state index in [4.69, 9.17) is 16.0 Å². The third kappa shape index (κ3) is 4.52. The second-order valence-corrected chi connectivity index (χ2v) is 9.34. The Morgan fingerprint density at radius 1 is 1.21 bits per heavy atom. The average molecular weight is 446 g/mol. The maximum atomic E-state index is 12.8. The van der Waals surface area contributed by atoms with Gasteiger partial charge in [-0.25, -0.2) is 4.21 Å². The summed E-state index contributed by atoms with van der Waals surface area (Å²) in [4.78, 5) is 0.984. The van der Waals surface area contributed by atoms with E-state index in [0.29, 0.717) is 15.7 Å². The molecule has 5 nitrogen and oxygen atoms in total. The van der Waals surface area contributed by atoms with Gasteiger partial charge in [-0.1, -0.05) is 29.8 Å².